The lowest BCUT2D eigenvalue weighted by molar-refractivity contribution is -0.154. The Kier molecular flexibility index (Phi) is 4.93. The van der Waals surface area contributed by atoms with Crippen LogP contribution >= 0.6 is 0 Å². The van der Waals surface area contributed by atoms with Gasteiger partial charge in [0.15, 0.2) is 0 Å². The summed E-state index contributed by atoms with van der Waals surface area (Å²) in [6.45, 7) is 1.64. The predicted molar refractivity (Wildman–Crippen MR) is 73.7 cm³/mol. The lowest BCUT2D eigenvalue weighted by atomic mass is 9.92. The Balaban J connectivity index is 1.84. The number of hydrogen-bond donors (Lipinski definition) is 0. The number of allylic oxidation sites excluding steroid dienone is 1. The molecule has 106 valence electrons. The maximum absolute atomic E-state index is 12.0. The van der Waals surface area contributed by atoms with Gasteiger partial charge in [0.05, 0.1) is 5.92 Å². The molecule has 1 aromatic rings. The van der Waals surface area contributed by atoms with Crippen LogP contribution < -0.4 is 0 Å². The third kappa shape index (κ3) is 4.23. The van der Waals surface area contributed by atoms with Gasteiger partial charge in [-0.3, -0.25) is 9.59 Å². The summed E-state index contributed by atoms with van der Waals surface area (Å²) in [5.74, 6) is -0.818. The molecule has 0 heterocycles. The average Bonchev–Trinajstić information content (AvgIpc) is 2.45. The second kappa shape index (κ2) is 6.89. The van der Waals surface area contributed by atoms with E-state index in [2.05, 4.69) is 0 Å². The Labute approximate surface area is 118 Å². The van der Waals surface area contributed by atoms with Gasteiger partial charge in [0, 0.05) is 13.3 Å². The van der Waals surface area contributed by atoms with E-state index in [1.165, 1.54) is 6.92 Å². The number of esters is 2. The SMILES string of the molecule is CC(=O)O[C@H]1C=CC[C@@H](C(=O)OCc2ccccc2)C1. The topological polar surface area (TPSA) is 52.6 Å². The van der Waals surface area contributed by atoms with E-state index >= 15 is 0 Å². The third-order valence-electron chi connectivity index (χ3n) is 3.16. The van der Waals surface area contributed by atoms with E-state index in [4.69, 9.17) is 9.47 Å². The van der Waals surface area contributed by atoms with Crippen LogP contribution in [0.4, 0.5) is 0 Å². The highest BCUT2D eigenvalue weighted by atomic mass is 16.5. The smallest absolute Gasteiger partial charge is 0.309 e. The molecule has 2 atom stereocenters. The molecule has 0 N–H and O–H groups in total. The van der Waals surface area contributed by atoms with E-state index in [-0.39, 0.29) is 30.6 Å². The van der Waals surface area contributed by atoms with Gasteiger partial charge in [-0.25, -0.2) is 0 Å². The van der Waals surface area contributed by atoms with Gasteiger partial charge in [-0.2, -0.15) is 0 Å². The molecule has 0 aromatic heterocycles. The van der Waals surface area contributed by atoms with Crippen LogP contribution in [0.1, 0.15) is 25.3 Å². The van der Waals surface area contributed by atoms with E-state index in [9.17, 15) is 9.59 Å². The van der Waals surface area contributed by atoms with E-state index < -0.39 is 0 Å². The van der Waals surface area contributed by atoms with Crippen LogP contribution in [0, 0.1) is 5.92 Å². The van der Waals surface area contributed by atoms with Crippen molar-refractivity contribution in [3.05, 3.63) is 48.0 Å². The van der Waals surface area contributed by atoms with E-state index in [0.29, 0.717) is 12.8 Å². The molecule has 0 bridgehead atoms. The van der Waals surface area contributed by atoms with Crippen molar-refractivity contribution in [2.45, 2.75) is 32.5 Å². The normalized spacial score (nSPS) is 21.2. The highest BCUT2D eigenvalue weighted by molar-refractivity contribution is 5.73. The van der Waals surface area contributed by atoms with Gasteiger partial charge in [-0.15, -0.1) is 0 Å². The molecule has 0 unspecified atom stereocenters. The van der Waals surface area contributed by atoms with Gasteiger partial charge in [0.1, 0.15) is 12.7 Å². The number of ether oxygens (including phenoxy) is 2. The van der Waals surface area contributed by atoms with Crippen LogP contribution in [0.5, 0.6) is 0 Å². The second-order valence-corrected chi connectivity index (χ2v) is 4.84. The molecule has 0 fully saturated rings. The molecule has 4 nitrogen and oxygen atoms in total. The molecule has 20 heavy (non-hydrogen) atoms. The maximum atomic E-state index is 12.0. The second-order valence-electron chi connectivity index (χ2n) is 4.84. The lowest BCUT2D eigenvalue weighted by Crippen LogP contribution is -2.27. The highest BCUT2D eigenvalue weighted by Gasteiger charge is 2.26. The van der Waals surface area contributed by atoms with Crippen LogP contribution in [0.2, 0.25) is 0 Å². The van der Waals surface area contributed by atoms with Crippen molar-refractivity contribution >= 4 is 11.9 Å². The first-order valence-electron chi connectivity index (χ1n) is 6.69. The fourth-order valence-electron chi connectivity index (χ4n) is 2.19. The number of benzene rings is 1. The molecule has 0 amide bonds. The molecule has 2 rings (SSSR count). The molecular weight excluding hydrogens is 256 g/mol. The molecule has 0 aliphatic heterocycles. The molecule has 1 aliphatic rings. The Morgan fingerprint density at radius 2 is 2.00 bits per heavy atom. The minimum Gasteiger partial charge on any atom is -0.461 e. The van der Waals surface area contributed by atoms with Gasteiger partial charge in [-0.05, 0) is 18.1 Å². The van der Waals surface area contributed by atoms with Gasteiger partial charge < -0.3 is 9.47 Å². The fourth-order valence-corrected chi connectivity index (χ4v) is 2.19. The minimum atomic E-state index is -0.335. The van der Waals surface area contributed by atoms with Crippen LogP contribution in [0.15, 0.2) is 42.5 Å². The zero-order chi connectivity index (χ0) is 14.4. The van der Waals surface area contributed by atoms with Crippen molar-refractivity contribution < 1.29 is 19.1 Å². The number of carbonyl (C=O) groups is 2. The summed E-state index contributed by atoms with van der Waals surface area (Å²) < 4.78 is 10.4. The van der Waals surface area contributed by atoms with Crippen molar-refractivity contribution in [3.8, 4) is 0 Å². The van der Waals surface area contributed by atoms with Gasteiger partial charge in [0.25, 0.3) is 0 Å². The first-order chi connectivity index (χ1) is 9.65. The average molecular weight is 274 g/mol. The number of carbonyl (C=O) groups excluding carboxylic acids is 2. The number of rotatable bonds is 4. The summed E-state index contributed by atoms with van der Waals surface area (Å²) in [6.07, 6.45) is 4.48. The summed E-state index contributed by atoms with van der Waals surface area (Å²) in [5.41, 5.74) is 0.962. The Hall–Kier alpha value is -2.10. The molecule has 4 heteroatoms. The van der Waals surface area contributed by atoms with Crippen molar-refractivity contribution in [2.75, 3.05) is 0 Å². The summed E-state index contributed by atoms with van der Waals surface area (Å²) in [7, 11) is 0. The van der Waals surface area contributed by atoms with Crippen molar-refractivity contribution in [1.29, 1.82) is 0 Å². The van der Waals surface area contributed by atoms with Crippen LogP contribution in [0.25, 0.3) is 0 Å². The quantitative estimate of drug-likeness (QED) is 0.625. The first-order valence-corrected chi connectivity index (χ1v) is 6.69. The van der Waals surface area contributed by atoms with E-state index in [1.807, 2.05) is 42.5 Å². The molecule has 0 spiro atoms. The zero-order valence-electron chi connectivity index (χ0n) is 11.5. The van der Waals surface area contributed by atoms with Gasteiger partial charge in [-0.1, -0.05) is 36.4 Å². The summed E-state index contributed by atoms with van der Waals surface area (Å²) in [4.78, 5) is 22.9. The van der Waals surface area contributed by atoms with Crippen LogP contribution in [-0.4, -0.2) is 18.0 Å². The van der Waals surface area contributed by atoms with Crippen LogP contribution in [0.3, 0.4) is 0 Å². The van der Waals surface area contributed by atoms with Crippen molar-refractivity contribution in [2.24, 2.45) is 5.92 Å². The molecule has 0 saturated carbocycles. The number of hydrogen-bond acceptors (Lipinski definition) is 4. The molecule has 0 radical (unpaired) electrons. The zero-order valence-corrected chi connectivity index (χ0v) is 11.5. The minimum absolute atomic E-state index is 0.240. The fraction of sp³-hybridized carbons (Fsp3) is 0.375. The summed E-state index contributed by atoms with van der Waals surface area (Å²) in [6, 6.07) is 9.55. The summed E-state index contributed by atoms with van der Waals surface area (Å²) in [5, 5.41) is 0. The predicted octanol–water partition coefficient (Wildman–Crippen LogP) is 2.63. The molecule has 1 aliphatic carbocycles. The van der Waals surface area contributed by atoms with Crippen molar-refractivity contribution in [1.82, 2.24) is 0 Å². The van der Waals surface area contributed by atoms with Crippen LogP contribution in [-0.2, 0) is 25.7 Å². The molecule has 0 saturated heterocycles. The lowest BCUT2D eigenvalue weighted by Gasteiger charge is -2.23. The van der Waals surface area contributed by atoms with Gasteiger partial charge in [0.2, 0.25) is 0 Å². The standard InChI is InChI=1S/C16H18O4/c1-12(17)20-15-9-5-8-14(10-15)16(18)19-11-13-6-3-2-4-7-13/h2-7,9,14-15H,8,10-11H2,1H3/t14-,15+/m1/s1. The monoisotopic (exact) mass is 274 g/mol. The first kappa shape index (κ1) is 14.3. The summed E-state index contributed by atoms with van der Waals surface area (Å²) >= 11 is 0. The molecule has 1 aromatic carbocycles. The Morgan fingerprint density at radius 3 is 2.70 bits per heavy atom. The Bertz CT molecular complexity index is 492. The largest absolute Gasteiger partial charge is 0.461 e. The van der Waals surface area contributed by atoms with Gasteiger partial charge >= 0.3 is 11.9 Å². The van der Waals surface area contributed by atoms with E-state index in [1.54, 1.807) is 0 Å². The third-order valence-corrected chi connectivity index (χ3v) is 3.16. The molecular formula is C16H18O4. The van der Waals surface area contributed by atoms with E-state index in [0.717, 1.165) is 5.56 Å². The Morgan fingerprint density at radius 1 is 1.25 bits per heavy atom. The highest BCUT2D eigenvalue weighted by Crippen LogP contribution is 2.22. The van der Waals surface area contributed by atoms with Crippen molar-refractivity contribution in [3.63, 3.8) is 0 Å². The maximum Gasteiger partial charge on any atom is 0.309 e.